The summed E-state index contributed by atoms with van der Waals surface area (Å²) in [6.07, 6.45) is 4.19. The summed E-state index contributed by atoms with van der Waals surface area (Å²) in [7, 11) is -1.66. The lowest BCUT2D eigenvalue weighted by Gasteiger charge is -2.34. The molecule has 0 aliphatic heterocycles. The van der Waals surface area contributed by atoms with Crippen molar-refractivity contribution in [2.45, 2.75) is 42.3 Å². The number of hydrogen-bond acceptors (Lipinski definition) is 2. The molecular weight excluding hydrogens is 338 g/mol. The fourth-order valence-corrected chi connectivity index (χ4v) is 4.87. The normalized spacial score (nSPS) is 22.8. The van der Waals surface area contributed by atoms with E-state index in [4.69, 9.17) is 0 Å². The van der Waals surface area contributed by atoms with Crippen LogP contribution >= 0.6 is 15.9 Å². The largest absolute Gasteiger partial charge is 0.242 e. The van der Waals surface area contributed by atoms with E-state index < -0.39 is 10.0 Å². The number of alkyl halides is 1. The molecule has 1 aliphatic carbocycles. The van der Waals surface area contributed by atoms with Gasteiger partial charge in [0.15, 0.2) is 0 Å². The van der Waals surface area contributed by atoms with Crippen LogP contribution in [0, 0.1) is 5.92 Å². The van der Waals surface area contributed by atoms with Crippen molar-refractivity contribution in [1.82, 2.24) is 4.31 Å². The third kappa shape index (κ3) is 3.62. The highest BCUT2D eigenvalue weighted by atomic mass is 79.9. The highest BCUT2D eigenvalue weighted by molar-refractivity contribution is 9.09. The first kappa shape index (κ1) is 16.0. The third-order valence-corrected chi connectivity index (χ3v) is 6.45. The van der Waals surface area contributed by atoms with Gasteiger partial charge in [-0.3, -0.25) is 0 Å². The van der Waals surface area contributed by atoms with E-state index in [0.29, 0.717) is 22.2 Å². The van der Waals surface area contributed by atoms with Crippen LogP contribution in [0.4, 0.5) is 0 Å². The Balaban J connectivity index is 2.04. The highest BCUT2D eigenvalue weighted by Gasteiger charge is 2.31. The Morgan fingerprint density at radius 1 is 1.25 bits per heavy atom. The van der Waals surface area contributed by atoms with Gasteiger partial charge in [-0.2, -0.15) is 0 Å². The average Bonchev–Trinajstić information content (AvgIpc) is 2.38. The fraction of sp³-hybridized carbons (Fsp3) is 0.600. The first-order valence-corrected chi connectivity index (χ1v) is 9.48. The molecule has 1 saturated carbocycles. The van der Waals surface area contributed by atoms with Gasteiger partial charge < -0.3 is 0 Å². The summed E-state index contributed by atoms with van der Waals surface area (Å²) < 4.78 is 26.4. The fourth-order valence-electron chi connectivity index (χ4n) is 2.56. The Kier molecular flexibility index (Phi) is 5.26. The Labute approximate surface area is 130 Å². The van der Waals surface area contributed by atoms with E-state index in [0.717, 1.165) is 25.7 Å². The second kappa shape index (κ2) is 6.58. The minimum Gasteiger partial charge on any atom is -0.207 e. The molecule has 0 amide bonds. The van der Waals surface area contributed by atoms with Gasteiger partial charge in [0.25, 0.3) is 0 Å². The number of aryl methyl sites for hydroxylation is 1. The number of rotatable bonds is 6. The van der Waals surface area contributed by atoms with Crippen LogP contribution in [0.15, 0.2) is 29.2 Å². The van der Waals surface area contributed by atoms with E-state index in [1.807, 2.05) is 12.1 Å². The van der Waals surface area contributed by atoms with Gasteiger partial charge >= 0.3 is 0 Å². The van der Waals surface area contributed by atoms with Crippen molar-refractivity contribution in [2.24, 2.45) is 5.92 Å². The second-order valence-electron chi connectivity index (χ2n) is 5.61. The van der Waals surface area contributed by atoms with Crippen molar-refractivity contribution in [3.8, 4) is 0 Å². The zero-order valence-corrected chi connectivity index (χ0v) is 14.5. The quantitative estimate of drug-likeness (QED) is 0.729. The molecule has 1 fully saturated rings. The number of nitrogens with zero attached hydrogens (tertiary/aromatic N) is 1. The molecule has 0 atom stereocenters. The van der Waals surface area contributed by atoms with Gasteiger partial charge in [-0.1, -0.05) is 41.4 Å². The van der Waals surface area contributed by atoms with Crippen LogP contribution in [0.3, 0.4) is 0 Å². The summed E-state index contributed by atoms with van der Waals surface area (Å²) in [4.78, 5) is 0.964. The second-order valence-corrected chi connectivity index (χ2v) is 8.95. The average molecular weight is 360 g/mol. The molecule has 0 unspecified atom stereocenters. The van der Waals surface area contributed by atoms with E-state index >= 15 is 0 Å². The summed E-state index contributed by atoms with van der Waals surface area (Å²) in [6.45, 7) is 2.73. The summed E-state index contributed by atoms with van der Waals surface area (Å²) in [5.41, 5.74) is 1.19. The van der Waals surface area contributed by atoms with Crippen LogP contribution in [-0.2, 0) is 16.4 Å². The zero-order valence-electron chi connectivity index (χ0n) is 12.0. The Hall–Kier alpha value is -0.390. The lowest BCUT2D eigenvalue weighted by molar-refractivity contribution is 0.275. The maximum Gasteiger partial charge on any atom is 0.242 e. The SMILES string of the molecule is CCCc1ccc(S(=O)(=O)N(C)CC2CC(Br)C2)cc1. The molecule has 1 aliphatic rings. The van der Waals surface area contributed by atoms with Crippen molar-refractivity contribution in [3.63, 3.8) is 0 Å². The minimum absolute atomic E-state index is 0.398. The predicted molar refractivity (Wildman–Crippen MR) is 85.7 cm³/mol. The molecule has 0 saturated heterocycles. The number of halogens is 1. The van der Waals surface area contributed by atoms with Crippen molar-refractivity contribution >= 4 is 26.0 Å². The lowest BCUT2D eigenvalue weighted by Crippen LogP contribution is -2.37. The summed E-state index contributed by atoms with van der Waals surface area (Å²) >= 11 is 3.54. The standard InChI is InChI=1S/C15H22BrNO2S/c1-3-4-12-5-7-15(8-6-12)20(18,19)17(2)11-13-9-14(16)10-13/h5-8,13-14H,3-4,9-11H2,1-2H3. The molecule has 112 valence electrons. The molecule has 0 aromatic heterocycles. The molecule has 0 heterocycles. The molecule has 5 heteroatoms. The van der Waals surface area contributed by atoms with Crippen LogP contribution in [0.1, 0.15) is 31.7 Å². The topological polar surface area (TPSA) is 37.4 Å². The van der Waals surface area contributed by atoms with Gasteiger partial charge in [0.1, 0.15) is 0 Å². The van der Waals surface area contributed by atoms with Gasteiger partial charge in [-0.05, 0) is 42.9 Å². The molecule has 0 spiro atoms. The van der Waals surface area contributed by atoms with E-state index in [9.17, 15) is 8.42 Å². The van der Waals surface area contributed by atoms with Crippen LogP contribution in [-0.4, -0.2) is 31.1 Å². The minimum atomic E-state index is -3.34. The van der Waals surface area contributed by atoms with E-state index in [1.54, 1.807) is 19.2 Å². The van der Waals surface area contributed by atoms with Gasteiger partial charge in [0.05, 0.1) is 4.90 Å². The molecule has 0 radical (unpaired) electrons. The van der Waals surface area contributed by atoms with Crippen LogP contribution in [0.2, 0.25) is 0 Å². The van der Waals surface area contributed by atoms with Gasteiger partial charge in [-0.25, -0.2) is 12.7 Å². The van der Waals surface area contributed by atoms with Crippen molar-refractivity contribution in [1.29, 1.82) is 0 Å². The lowest BCUT2D eigenvalue weighted by atomic mass is 9.85. The Bertz CT molecular complexity index is 535. The zero-order chi connectivity index (χ0) is 14.8. The molecule has 1 aromatic carbocycles. The Morgan fingerprint density at radius 3 is 2.35 bits per heavy atom. The summed E-state index contributed by atoms with van der Waals surface area (Å²) in [5.74, 6) is 0.485. The molecule has 2 rings (SSSR count). The Morgan fingerprint density at radius 2 is 1.85 bits per heavy atom. The summed E-state index contributed by atoms with van der Waals surface area (Å²) in [5, 5.41) is 0. The van der Waals surface area contributed by atoms with E-state index in [1.165, 1.54) is 9.87 Å². The van der Waals surface area contributed by atoms with Gasteiger partial charge in [0, 0.05) is 18.4 Å². The van der Waals surface area contributed by atoms with Crippen LogP contribution in [0.5, 0.6) is 0 Å². The van der Waals surface area contributed by atoms with E-state index in [-0.39, 0.29) is 0 Å². The van der Waals surface area contributed by atoms with Crippen molar-refractivity contribution in [2.75, 3.05) is 13.6 Å². The van der Waals surface area contributed by atoms with Gasteiger partial charge in [0.2, 0.25) is 10.0 Å². The van der Waals surface area contributed by atoms with Crippen LogP contribution < -0.4 is 0 Å². The third-order valence-electron chi connectivity index (χ3n) is 3.86. The number of hydrogen-bond donors (Lipinski definition) is 0. The maximum absolute atomic E-state index is 12.5. The molecule has 20 heavy (non-hydrogen) atoms. The molecule has 1 aromatic rings. The molecule has 0 bridgehead atoms. The first-order valence-electron chi connectivity index (χ1n) is 7.12. The van der Waals surface area contributed by atoms with Crippen molar-refractivity contribution < 1.29 is 8.42 Å². The monoisotopic (exact) mass is 359 g/mol. The van der Waals surface area contributed by atoms with Crippen molar-refractivity contribution in [3.05, 3.63) is 29.8 Å². The summed E-state index contributed by atoms with van der Waals surface area (Å²) in [6, 6.07) is 7.29. The first-order chi connectivity index (χ1) is 9.43. The number of benzene rings is 1. The maximum atomic E-state index is 12.5. The van der Waals surface area contributed by atoms with E-state index in [2.05, 4.69) is 22.9 Å². The molecule has 3 nitrogen and oxygen atoms in total. The highest BCUT2D eigenvalue weighted by Crippen LogP contribution is 2.34. The van der Waals surface area contributed by atoms with Crippen LogP contribution in [0.25, 0.3) is 0 Å². The predicted octanol–water partition coefficient (Wildman–Crippen LogP) is 3.43. The molecular formula is C15H22BrNO2S. The van der Waals surface area contributed by atoms with Gasteiger partial charge in [-0.15, -0.1) is 0 Å². The molecule has 0 N–H and O–H groups in total. The number of sulfonamides is 1. The smallest absolute Gasteiger partial charge is 0.207 e.